The lowest BCUT2D eigenvalue weighted by Crippen LogP contribution is -2.04. The van der Waals surface area contributed by atoms with Crippen molar-refractivity contribution in [2.24, 2.45) is 0 Å². The Balaban J connectivity index is 2.23. The number of halogens is 1. The van der Waals surface area contributed by atoms with Gasteiger partial charge in [-0.25, -0.2) is 0 Å². The highest BCUT2D eigenvalue weighted by molar-refractivity contribution is 6.35. The number of pyridine rings is 1. The highest BCUT2D eigenvalue weighted by atomic mass is 35.5. The molecule has 2 rings (SSSR count). The molecule has 0 radical (unpaired) electrons. The molecule has 1 heterocycles. The molecule has 0 aliphatic heterocycles. The first-order chi connectivity index (χ1) is 7.81. The molecule has 1 aromatic heterocycles. The van der Waals surface area contributed by atoms with Crippen LogP contribution in [0.1, 0.15) is 0 Å². The summed E-state index contributed by atoms with van der Waals surface area (Å²) < 4.78 is 10.4. The van der Waals surface area contributed by atoms with Crippen LogP contribution in [0.15, 0.2) is 30.5 Å². The van der Waals surface area contributed by atoms with Gasteiger partial charge in [0.25, 0.3) is 0 Å². The lowest BCUT2D eigenvalue weighted by Gasteiger charge is -2.06. The molecule has 1 aromatic carbocycles. The third kappa shape index (κ3) is 2.43. The van der Waals surface area contributed by atoms with Crippen molar-refractivity contribution in [2.75, 3.05) is 20.3 Å². The van der Waals surface area contributed by atoms with Crippen LogP contribution < -0.4 is 4.74 Å². The topological polar surface area (TPSA) is 31.4 Å². The standard InChI is InChI=1S/C12H12ClNO2/c1-15-6-7-16-9-2-3-10-11(13)4-5-14-12(10)8-9/h2-5,8H,6-7H2,1H3. The number of fused-ring (bicyclic) bond motifs is 1. The van der Waals surface area contributed by atoms with Gasteiger partial charge in [-0.2, -0.15) is 0 Å². The summed E-state index contributed by atoms with van der Waals surface area (Å²) in [6.45, 7) is 1.10. The first-order valence-corrected chi connectivity index (χ1v) is 5.35. The number of nitrogens with zero attached hydrogens (tertiary/aromatic N) is 1. The van der Waals surface area contributed by atoms with E-state index in [-0.39, 0.29) is 0 Å². The molecular formula is C12H12ClNO2. The molecule has 0 aliphatic carbocycles. The number of benzene rings is 1. The van der Waals surface area contributed by atoms with Crippen molar-refractivity contribution in [1.82, 2.24) is 4.98 Å². The van der Waals surface area contributed by atoms with Gasteiger partial charge in [-0.05, 0) is 18.2 Å². The largest absolute Gasteiger partial charge is 0.491 e. The van der Waals surface area contributed by atoms with Gasteiger partial charge in [-0.3, -0.25) is 4.98 Å². The molecule has 0 atom stereocenters. The van der Waals surface area contributed by atoms with E-state index in [1.807, 2.05) is 18.2 Å². The van der Waals surface area contributed by atoms with Crippen LogP contribution >= 0.6 is 11.6 Å². The third-order valence-electron chi connectivity index (χ3n) is 2.22. The van der Waals surface area contributed by atoms with E-state index >= 15 is 0 Å². The summed E-state index contributed by atoms with van der Waals surface area (Å²) in [7, 11) is 1.64. The second-order valence-electron chi connectivity index (χ2n) is 3.31. The van der Waals surface area contributed by atoms with Gasteiger partial charge in [0.15, 0.2) is 0 Å². The highest BCUT2D eigenvalue weighted by Crippen LogP contribution is 2.24. The summed E-state index contributed by atoms with van der Waals surface area (Å²) in [4.78, 5) is 4.24. The normalized spacial score (nSPS) is 10.6. The summed E-state index contributed by atoms with van der Waals surface area (Å²) in [6.07, 6.45) is 1.68. The van der Waals surface area contributed by atoms with E-state index in [0.29, 0.717) is 18.2 Å². The predicted octanol–water partition coefficient (Wildman–Crippen LogP) is 2.91. The van der Waals surface area contributed by atoms with E-state index in [9.17, 15) is 0 Å². The zero-order chi connectivity index (χ0) is 11.4. The minimum absolute atomic E-state index is 0.530. The van der Waals surface area contributed by atoms with Gasteiger partial charge < -0.3 is 9.47 Å². The molecule has 0 N–H and O–H groups in total. The fourth-order valence-electron chi connectivity index (χ4n) is 1.43. The van der Waals surface area contributed by atoms with Crippen molar-refractivity contribution >= 4 is 22.5 Å². The molecule has 0 unspecified atom stereocenters. The number of hydrogen-bond donors (Lipinski definition) is 0. The summed E-state index contributed by atoms with van der Waals surface area (Å²) >= 11 is 6.04. The molecule has 84 valence electrons. The molecule has 4 heteroatoms. The number of ether oxygens (including phenoxy) is 2. The van der Waals surface area contributed by atoms with E-state index in [0.717, 1.165) is 16.7 Å². The maximum atomic E-state index is 6.04. The Morgan fingerprint density at radius 2 is 2.12 bits per heavy atom. The van der Waals surface area contributed by atoms with Crippen molar-refractivity contribution in [3.63, 3.8) is 0 Å². The summed E-state index contributed by atoms with van der Waals surface area (Å²) in [5.74, 6) is 0.777. The minimum Gasteiger partial charge on any atom is -0.491 e. The van der Waals surface area contributed by atoms with Crippen molar-refractivity contribution in [2.45, 2.75) is 0 Å². The van der Waals surface area contributed by atoms with Crippen molar-refractivity contribution < 1.29 is 9.47 Å². The second-order valence-corrected chi connectivity index (χ2v) is 3.72. The summed E-state index contributed by atoms with van der Waals surface area (Å²) in [5, 5.41) is 1.64. The minimum atomic E-state index is 0.530. The van der Waals surface area contributed by atoms with Crippen LogP contribution in [0.2, 0.25) is 5.02 Å². The SMILES string of the molecule is COCCOc1ccc2c(Cl)ccnc2c1. The molecule has 0 fully saturated rings. The maximum absolute atomic E-state index is 6.04. The Morgan fingerprint density at radius 3 is 2.94 bits per heavy atom. The van der Waals surface area contributed by atoms with Crippen LogP contribution in [0, 0.1) is 0 Å². The monoisotopic (exact) mass is 237 g/mol. The predicted molar refractivity (Wildman–Crippen MR) is 64.1 cm³/mol. The zero-order valence-electron chi connectivity index (χ0n) is 8.94. The molecule has 0 aliphatic rings. The number of methoxy groups -OCH3 is 1. The second kappa shape index (κ2) is 5.14. The van der Waals surface area contributed by atoms with Crippen molar-refractivity contribution in [1.29, 1.82) is 0 Å². The van der Waals surface area contributed by atoms with Gasteiger partial charge in [0.1, 0.15) is 12.4 Å². The first kappa shape index (κ1) is 11.2. The van der Waals surface area contributed by atoms with E-state index in [2.05, 4.69) is 4.98 Å². The van der Waals surface area contributed by atoms with Crippen LogP contribution in [0.25, 0.3) is 10.9 Å². The van der Waals surface area contributed by atoms with Crippen LogP contribution in [-0.2, 0) is 4.74 Å². The highest BCUT2D eigenvalue weighted by Gasteiger charge is 2.01. The zero-order valence-corrected chi connectivity index (χ0v) is 9.70. The molecule has 0 amide bonds. The van der Waals surface area contributed by atoms with Gasteiger partial charge in [0, 0.05) is 24.8 Å². The Labute approximate surface area is 99.0 Å². The molecular weight excluding hydrogens is 226 g/mol. The lowest BCUT2D eigenvalue weighted by molar-refractivity contribution is 0.146. The average Bonchev–Trinajstić information content (AvgIpc) is 2.30. The molecule has 0 spiro atoms. The Morgan fingerprint density at radius 1 is 1.25 bits per heavy atom. The maximum Gasteiger partial charge on any atom is 0.121 e. The molecule has 0 saturated heterocycles. The van der Waals surface area contributed by atoms with Crippen molar-refractivity contribution in [3.8, 4) is 5.75 Å². The lowest BCUT2D eigenvalue weighted by atomic mass is 10.2. The van der Waals surface area contributed by atoms with Crippen LogP contribution in [0.5, 0.6) is 5.75 Å². The van der Waals surface area contributed by atoms with Crippen LogP contribution in [0.3, 0.4) is 0 Å². The number of aromatic nitrogens is 1. The fourth-order valence-corrected chi connectivity index (χ4v) is 1.64. The third-order valence-corrected chi connectivity index (χ3v) is 2.55. The van der Waals surface area contributed by atoms with E-state index < -0.39 is 0 Å². The molecule has 0 bridgehead atoms. The Hall–Kier alpha value is -1.32. The first-order valence-electron chi connectivity index (χ1n) is 4.97. The van der Waals surface area contributed by atoms with E-state index in [4.69, 9.17) is 21.1 Å². The number of hydrogen-bond acceptors (Lipinski definition) is 3. The molecule has 16 heavy (non-hydrogen) atoms. The molecule has 3 nitrogen and oxygen atoms in total. The van der Waals surface area contributed by atoms with Crippen LogP contribution in [-0.4, -0.2) is 25.3 Å². The van der Waals surface area contributed by atoms with Gasteiger partial charge in [-0.1, -0.05) is 11.6 Å². The number of rotatable bonds is 4. The van der Waals surface area contributed by atoms with E-state index in [1.165, 1.54) is 0 Å². The fraction of sp³-hybridized carbons (Fsp3) is 0.250. The van der Waals surface area contributed by atoms with Gasteiger partial charge >= 0.3 is 0 Å². The smallest absolute Gasteiger partial charge is 0.121 e. The molecule has 0 saturated carbocycles. The summed E-state index contributed by atoms with van der Waals surface area (Å²) in [6, 6.07) is 7.44. The van der Waals surface area contributed by atoms with Gasteiger partial charge in [0.05, 0.1) is 17.1 Å². The Bertz CT molecular complexity index is 487. The van der Waals surface area contributed by atoms with Gasteiger partial charge in [0.2, 0.25) is 0 Å². The Kier molecular flexibility index (Phi) is 3.59. The summed E-state index contributed by atoms with van der Waals surface area (Å²) in [5.41, 5.74) is 0.836. The van der Waals surface area contributed by atoms with Gasteiger partial charge in [-0.15, -0.1) is 0 Å². The van der Waals surface area contributed by atoms with Crippen LogP contribution in [0.4, 0.5) is 0 Å². The average molecular weight is 238 g/mol. The van der Waals surface area contributed by atoms with Crippen molar-refractivity contribution in [3.05, 3.63) is 35.5 Å². The molecule has 2 aromatic rings. The van der Waals surface area contributed by atoms with E-state index in [1.54, 1.807) is 19.4 Å². The quantitative estimate of drug-likeness (QED) is 0.767.